The average molecular weight is 365 g/mol. The van der Waals surface area contributed by atoms with Crippen molar-refractivity contribution in [1.29, 1.82) is 0 Å². The number of rotatable bonds is 7. The first-order valence-electron chi connectivity index (χ1n) is 8.62. The molecule has 1 saturated heterocycles. The Morgan fingerprint density at radius 1 is 1.31 bits per heavy atom. The van der Waals surface area contributed by atoms with Gasteiger partial charge in [-0.05, 0) is 6.42 Å². The maximum Gasteiger partial charge on any atom is 0.192 e. The molecule has 0 aromatic carbocycles. The van der Waals surface area contributed by atoms with Crippen molar-refractivity contribution in [3.05, 3.63) is 12.7 Å². The number of aromatic nitrogens is 4. The molecule has 26 heavy (non-hydrogen) atoms. The van der Waals surface area contributed by atoms with Gasteiger partial charge in [-0.15, -0.1) is 0 Å². The summed E-state index contributed by atoms with van der Waals surface area (Å²) in [7, 11) is 0. The number of carbonyl (C=O) groups is 1. The van der Waals surface area contributed by atoms with Crippen LogP contribution in [0.3, 0.4) is 0 Å². The van der Waals surface area contributed by atoms with E-state index >= 15 is 0 Å². The zero-order valence-electron chi connectivity index (χ0n) is 14.4. The Morgan fingerprint density at radius 3 is 2.81 bits per heavy atom. The highest BCUT2D eigenvalue weighted by Gasteiger charge is 2.48. The molecule has 1 unspecified atom stereocenters. The van der Waals surface area contributed by atoms with Gasteiger partial charge in [0.15, 0.2) is 23.5 Å². The number of aliphatic hydroxyl groups is 3. The molecule has 0 spiro atoms. The molecule has 3 heterocycles. The minimum atomic E-state index is -1.47. The number of Topliss-reactive ketones (excluding diaryl/α,β-unsaturated/α-hetero) is 1. The number of aliphatic hydroxyl groups excluding tert-OH is 3. The average Bonchev–Trinajstić information content (AvgIpc) is 3.18. The summed E-state index contributed by atoms with van der Waals surface area (Å²) in [5, 5.41) is 30.6. The van der Waals surface area contributed by atoms with Crippen molar-refractivity contribution in [2.75, 3.05) is 5.73 Å². The molecular weight excluding hydrogens is 342 g/mol. The van der Waals surface area contributed by atoms with E-state index in [1.807, 2.05) is 6.92 Å². The van der Waals surface area contributed by atoms with Gasteiger partial charge in [-0.25, -0.2) is 15.0 Å². The van der Waals surface area contributed by atoms with Gasteiger partial charge in [0, 0.05) is 0 Å². The third-order valence-corrected chi connectivity index (χ3v) is 4.59. The summed E-state index contributed by atoms with van der Waals surface area (Å²) in [5.41, 5.74) is 6.37. The first-order chi connectivity index (χ1) is 12.5. The Morgan fingerprint density at radius 2 is 2.08 bits per heavy atom. The van der Waals surface area contributed by atoms with Crippen LogP contribution in [0.15, 0.2) is 12.7 Å². The van der Waals surface area contributed by atoms with Gasteiger partial charge < -0.3 is 25.8 Å². The third kappa shape index (κ3) is 3.28. The van der Waals surface area contributed by atoms with Gasteiger partial charge in [0.2, 0.25) is 0 Å². The summed E-state index contributed by atoms with van der Waals surface area (Å²) >= 11 is 0. The van der Waals surface area contributed by atoms with Gasteiger partial charge in [-0.2, -0.15) is 0 Å². The maximum absolute atomic E-state index is 12.4. The summed E-state index contributed by atoms with van der Waals surface area (Å²) in [6, 6.07) is 0. The van der Waals surface area contributed by atoms with E-state index in [1.165, 1.54) is 17.2 Å². The predicted molar refractivity (Wildman–Crippen MR) is 90.8 cm³/mol. The molecule has 142 valence electrons. The highest BCUT2D eigenvalue weighted by Crippen LogP contribution is 2.33. The zero-order chi connectivity index (χ0) is 18.8. The van der Waals surface area contributed by atoms with Gasteiger partial charge >= 0.3 is 0 Å². The summed E-state index contributed by atoms with van der Waals surface area (Å²) in [6.45, 7) is 2.02. The standard InChI is InChI=1S/C16H23N5O5/c1-2-3-4-5-8(22)10(23)13-11(24)12(25)16(26-13)21-7-20-9-14(17)18-6-19-15(9)21/h6-8,11-13,16,22,24-25H,2-5H2,1H3,(H2,17,18,19)/t8?,11-,12-,13+,16+/m0/s1. The first-order valence-corrected chi connectivity index (χ1v) is 8.62. The minimum absolute atomic E-state index is 0.167. The molecule has 2 aromatic rings. The number of nitrogens with two attached hydrogens (primary N) is 1. The summed E-state index contributed by atoms with van der Waals surface area (Å²) in [6.07, 6.45) is -1.08. The van der Waals surface area contributed by atoms with Crippen LogP contribution in [0.25, 0.3) is 11.2 Å². The van der Waals surface area contributed by atoms with Crippen LogP contribution in [0.4, 0.5) is 5.82 Å². The Balaban J connectivity index is 1.79. The van der Waals surface area contributed by atoms with Crippen molar-refractivity contribution in [3.8, 4) is 0 Å². The number of imidazole rings is 1. The van der Waals surface area contributed by atoms with Crippen LogP contribution in [0.2, 0.25) is 0 Å². The Hall–Kier alpha value is -2.14. The molecule has 0 bridgehead atoms. The largest absolute Gasteiger partial charge is 0.387 e. The predicted octanol–water partition coefficient (Wildman–Crippen LogP) is -0.462. The van der Waals surface area contributed by atoms with E-state index in [1.54, 1.807) is 0 Å². The number of hydrogen-bond acceptors (Lipinski definition) is 9. The van der Waals surface area contributed by atoms with E-state index < -0.39 is 36.4 Å². The number of carbonyl (C=O) groups excluding carboxylic acids is 1. The van der Waals surface area contributed by atoms with Crippen molar-refractivity contribution in [2.24, 2.45) is 0 Å². The zero-order valence-corrected chi connectivity index (χ0v) is 14.4. The topological polar surface area (TPSA) is 157 Å². The molecule has 3 rings (SSSR count). The van der Waals surface area contributed by atoms with Crippen LogP contribution in [0.1, 0.15) is 38.8 Å². The summed E-state index contributed by atoms with van der Waals surface area (Å²) < 4.78 is 6.97. The number of nitrogen functional groups attached to an aromatic ring is 1. The van der Waals surface area contributed by atoms with E-state index in [0.29, 0.717) is 17.6 Å². The molecule has 5 N–H and O–H groups in total. The van der Waals surface area contributed by atoms with Crippen molar-refractivity contribution < 1.29 is 24.9 Å². The normalized spacial score (nSPS) is 27.1. The van der Waals surface area contributed by atoms with E-state index in [0.717, 1.165) is 12.8 Å². The summed E-state index contributed by atoms with van der Waals surface area (Å²) in [4.78, 5) is 24.4. The number of nitrogens with zero attached hydrogens (tertiary/aromatic N) is 4. The number of unbranched alkanes of at least 4 members (excludes halogenated alkanes) is 2. The molecule has 10 heteroatoms. The van der Waals surface area contributed by atoms with Gasteiger partial charge in [-0.1, -0.05) is 26.2 Å². The van der Waals surface area contributed by atoms with Gasteiger partial charge in [0.05, 0.1) is 6.33 Å². The lowest BCUT2D eigenvalue weighted by atomic mass is 9.99. The van der Waals surface area contributed by atoms with Crippen molar-refractivity contribution in [1.82, 2.24) is 19.5 Å². The second-order valence-corrected chi connectivity index (χ2v) is 6.43. The van der Waals surface area contributed by atoms with E-state index in [2.05, 4.69) is 15.0 Å². The van der Waals surface area contributed by atoms with E-state index in [-0.39, 0.29) is 12.2 Å². The Labute approximate surface area is 149 Å². The van der Waals surface area contributed by atoms with Crippen molar-refractivity contribution >= 4 is 22.8 Å². The van der Waals surface area contributed by atoms with Crippen LogP contribution in [0.5, 0.6) is 0 Å². The number of hydrogen-bond donors (Lipinski definition) is 4. The molecule has 1 fully saturated rings. The number of fused-ring (bicyclic) bond motifs is 1. The SMILES string of the molecule is CCCCCC(O)C(=O)[C@H]1O[C@@H](n2cnc3c(N)ncnc32)[C@@H](O)[C@@H]1O. The van der Waals surface area contributed by atoms with Gasteiger partial charge in [0.1, 0.15) is 36.3 Å². The number of ketones is 1. The highest BCUT2D eigenvalue weighted by molar-refractivity contribution is 5.88. The lowest BCUT2D eigenvalue weighted by Gasteiger charge is -2.17. The molecule has 0 aliphatic carbocycles. The second kappa shape index (κ2) is 7.62. The maximum atomic E-state index is 12.4. The number of anilines is 1. The van der Waals surface area contributed by atoms with Crippen LogP contribution in [0, 0.1) is 0 Å². The van der Waals surface area contributed by atoms with Gasteiger partial charge in [-0.3, -0.25) is 9.36 Å². The number of ether oxygens (including phenoxy) is 1. The molecule has 1 aliphatic rings. The third-order valence-electron chi connectivity index (χ3n) is 4.59. The molecule has 0 amide bonds. The molecule has 2 aromatic heterocycles. The molecule has 10 nitrogen and oxygen atoms in total. The quantitative estimate of drug-likeness (QED) is 0.476. The highest BCUT2D eigenvalue weighted by atomic mass is 16.6. The van der Waals surface area contributed by atoms with Crippen molar-refractivity contribution in [2.45, 2.75) is 63.3 Å². The summed E-state index contributed by atoms with van der Waals surface area (Å²) in [5.74, 6) is -0.477. The molecule has 1 aliphatic heterocycles. The fraction of sp³-hybridized carbons (Fsp3) is 0.625. The lowest BCUT2D eigenvalue weighted by Crippen LogP contribution is -2.41. The van der Waals surface area contributed by atoms with Crippen LogP contribution >= 0.6 is 0 Å². The fourth-order valence-electron chi connectivity index (χ4n) is 3.10. The molecule has 0 radical (unpaired) electrons. The smallest absolute Gasteiger partial charge is 0.192 e. The molecule has 0 saturated carbocycles. The second-order valence-electron chi connectivity index (χ2n) is 6.43. The van der Waals surface area contributed by atoms with Gasteiger partial charge in [0.25, 0.3) is 0 Å². The Bertz CT molecular complexity index is 781. The fourth-order valence-corrected chi connectivity index (χ4v) is 3.10. The minimum Gasteiger partial charge on any atom is -0.387 e. The molecule has 5 atom stereocenters. The van der Waals surface area contributed by atoms with E-state index in [4.69, 9.17) is 10.5 Å². The van der Waals surface area contributed by atoms with Crippen LogP contribution in [-0.2, 0) is 9.53 Å². The Kier molecular flexibility index (Phi) is 5.47. The lowest BCUT2D eigenvalue weighted by molar-refractivity contribution is -0.144. The molecular formula is C16H23N5O5. The monoisotopic (exact) mass is 365 g/mol. The van der Waals surface area contributed by atoms with Crippen LogP contribution in [-0.4, -0.2) is 65.0 Å². The van der Waals surface area contributed by atoms with Crippen LogP contribution < -0.4 is 5.73 Å². The first kappa shape index (κ1) is 18.6. The van der Waals surface area contributed by atoms with E-state index in [9.17, 15) is 20.1 Å². The van der Waals surface area contributed by atoms with Crippen molar-refractivity contribution in [3.63, 3.8) is 0 Å².